The highest BCUT2D eigenvalue weighted by Crippen LogP contribution is 2.20. The first-order valence-electron chi connectivity index (χ1n) is 6.05. The van der Waals surface area contributed by atoms with Gasteiger partial charge in [-0.15, -0.1) is 0 Å². The van der Waals surface area contributed by atoms with Gasteiger partial charge in [0.1, 0.15) is 11.6 Å². The minimum Gasteiger partial charge on any atom is -0.383 e. The molecule has 0 bridgehead atoms. The lowest BCUT2D eigenvalue weighted by molar-refractivity contribution is 0.793. The Balaban J connectivity index is 2.24. The van der Waals surface area contributed by atoms with Crippen molar-refractivity contribution in [2.75, 3.05) is 23.4 Å². The molecule has 2 heterocycles. The monoisotopic (exact) mass is 275 g/mol. The lowest BCUT2D eigenvalue weighted by Gasteiger charge is -2.22. The zero-order valence-electron chi connectivity index (χ0n) is 11.1. The molecule has 5 nitrogen and oxygen atoms in total. The van der Waals surface area contributed by atoms with Gasteiger partial charge in [0.25, 0.3) is 0 Å². The summed E-state index contributed by atoms with van der Waals surface area (Å²) in [6, 6.07) is 5.82. The summed E-state index contributed by atoms with van der Waals surface area (Å²) in [5.41, 5.74) is 7.01. The van der Waals surface area contributed by atoms with E-state index in [4.69, 9.17) is 5.73 Å². The Hall–Kier alpha value is -1.82. The van der Waals surface area contributed by atoms with E-state index in [-0.39, 0.29) is 0 Å². The smallest absolute Gasteiger partial charge is 0.191 e. The molecule has 0 unspecified atom stereocenters. The number of pyridine rings is 1. The molecular weight excluding hydrogens is 258 g/mol. The fourth-order valence-electron chi connectivity index (χ4n) is 1.75. The summed E-state index contributed by atoms with van der Waals surface area (Å²) in [5, 5.41) is 0.697. The number of hydrogen-bond acceptors (Lipinski definition) is 6. The summed E-state index contributed by atoms with van der Waals surface area (Å²) in [6.07, 6.45) is 5.54. The van der Waals surface area contributed by atoms with Crippen molar-refractivity contribution in [1.82, 2.24) is 15.0 Å². The van der Waals surface area contributed by atoms with Crippen molar-refractivity contribution in [3.8, 4) is 0 Å². The Morgan fingerprint density at radius 2 is 2.00 bits per heavy atom. The molecule has 0 spiro atoms. The first kappa shape index (κ1) is 13.6. The van der Waals surface area contributed by atoms with E-state index in [2.05, 4.69) is 26.8 Å². The van der Waals surface area contributed by atoms with E-state index in [1.165, 1.54) is 17.3 Å². The molecule has 0 aliphatic carbocycles. The molecule has 2 aromatic rings. The number of nitrogen functional groups attached to an aromatic ring is 1. The van der Waals surface area contributed by atoms with Crippen LogP contribution in [0.25, 0.3) is 0 Å². The molecule has 0 aliphatic heterocycles. The molecule has 19 heavy (non-hydrogen) atoms. The Morgan fingerprint density at radius 3 is 2.63 bits per heavy atom. The van der Waals surface area contributed by atoms with Gasteiger partial charge in [-0.05, 0) is 30.9 Å². The van der Waals surface area contributed by atoms with E-state index < -0.39 is 0 Å². The SMILES string of the molecule is CCN(Cc1ccncc1)c1cc(N)nc(SC)n1. The van der Waals surface area contributed by atoms with Gasteiger partial charge < -0.3 is 10.6 Å². The van der Waals surface area contributed by atoms with Crippen molar-refractivity contribution in [2.45, 2.75) is 18.6 Å². The molecule has 2 rings (SSSR count). The van der Waals surface area contributed by atoms with Gasteiger partial charge in [-0.1, -0.05) is 11.8 Å². The molecule has 0 saturated carbocycles. The fraction of sp³-hybridized carbons (Fsp3) is 0.308. The number of nitrogens with zero attached hydrogens (tertiary/aromatic N) is 4. The maximum absolute atomic E-state index is 5.82. The van der Waals surface area contributed by atoms with Crippen LogP contribution in [0.4, 0.5) is 11.6 Å². The van der Waals surface area contributed by atoms with Gasteiger partial charge in [-0.2, -0.15) is 0 Å². The molecule has 0 aliphatic rings. The third kappa shape index (κ3) is 3.57. The van der Waals surface area contributed by atoms with Crippen molar-refractivity contribution in [2.24, 2.45) is 0 Å². The van der Waals surface area contributed by atoms with Crippen LogP contribution in [-0.2, 0) is 6.54 Å². The van der Waals surface area contributed by atoms with Crippen LogP contribution in [-0.4, -0.2) is 27.8 Å². The van der Waals surface area contributed by atoms with Crippen LogP contribution in [0.5, 0.6) is 0 Å². The first-order valence-corrected chi connectivity index (χ1v) is 7.27. The van der Waals surface area contributed by atoms with Crippen LogP contribution in [0, 0.1) is 0 Å². The lowest BCUT2D eigenvalue weighted by Crippen LogP contribution is -2.23. The Labute approximate surface area is 117 Å². The van der Waals surface area contributed by atoms with Gasteiger partial charge in [0.05, 0.1) is 0 Å². The van der Waals surface area contributed by atoms with Crippen LogP contribution >= 0.6 is 11.8 Å². The predicted molar refractivity (Wildman–Crippen MR) is 79.2 cm³/mol. The average molecular weight is 275 g/mol. The zero-order chi connectivity index (χ0) is 13.7. The van der Waals surface area contributed by atoms with Crippen molar-refractivity contribution in [1.29, 1.82) is 0 Å². The first-order chi connectivity index (χ1) is 9.22. The summed E-state index contributed by atoms with van der Waals surface area (Å²) in [4.78, 5) is 14.9. The Morgan fingerprint density at radius 1 is 1.26 bits per heavy atom. The normalized spacial score (nSPS) is 10.4. The summed E-state index contributed by atoms with van der Waals surface area (Å²) in [7, 11) is 0. The maximum Gasteiger partial charge on any atom is 0.191 e. The van der Waals surface area contributed by atoms with E-state index >= 15 is 0 Å². The van der Waals surface area contributed by atoms with E-state index in [1.807, 2.05) is 24.5 Å². The molecule has 2 aromatic heterocycles. The second-order valence-electron chi connectivity index (χ2n) is 4.01. The highest BCUT2D eigenvalue weighted by molar-refractivity contribution is 7.98. The summed E-state index contributed by atoms with van der Waals surface area (Å²) in [6.45, 7) is 3.73. The van der Waals surface area contributed by atoms with Crippen molar-refractivity contribution in [3.63, 3.8) is 0 Å². The molecule has 100 valence electrons. The largest absolute Gasteiger partial charge is 0.383 e. The second kappa shape index (κ2) is 6.38. The third-order valence-corrected chi connectivity index (χ3v) is 3.27. The number of aromatic nitrogens is 3. The number of anilines is 2. The summed E-state index contributed by atoms with van der Waals surface area (Å²) < 4.78 is 0. The molecule has 0 radical (unpaired) electrons. The van der Waals surface area contributed by atoms with Gasteiger partial charge in [-0.25, -0.2) is 9.97 Å². The molecule has 0 saturated heterocycles. The van der Waals surface area contributed by atoms with Gasteiger partial charge >= 0.3 is 0 Å². The van der Waals surface area contributed by atoms with E-state index in [1.54, 1.807) is 12.4 Å². The molecular formula is C13H17N5S. The molecule has 0 aromatic carbocycles. The minimum absolute atomic E-state index is 0.502. The van der Waals surface area contributed by atoms with E-state index in [0.717, 1.165) is 18.9 Å². The van der Waals surface area contributed by atoms with Crippen LogP contribution in [0.2, 0.25) is 0 Å². The van der Waals surface area contributed by atoms with Crippen LogP contribution in [0.1, 0.15) is 12.5 Å². The van der Waals surface area contributed by atoms with Crippen LogP contribution in [0.3, 0.4) is 0 Å². The summed E-state index contributed by atoms with van der Waals surface area (Å²) >= 11 is 1.49. The molecule has 0 fully saturated rings. The van der Waals surface area contributed by atoms with Crippen molar-refractivity contribution >= 4 is 23.4 Å². The lowest BCUT2D eigenvalue weighted by atomic mass is 10.2. The maximum atomic E-state index is 5.82. The van der Waals surface area contributed by atoms with Crippen molar-refractivity contribution < 1.29 is 0 Å². The topological polar surface area (TPSA) is 67.9 Å². The molecule has 0 atom stereocenters. The van der Waals surface area contributed by atoms with Gasteiger partial charge in [0.2, 0.25) is 0 Å². The third-order valence-electron chi connectivity index (χ3n) is 2.72. The van der Waals surface area contributed by atoms with Crippen molar-refractivity contribution in [3.05, 3.63) is 36.2 Å². The zero-order valence-corrected chi connectivity index (χ0v) is 11.9. The fourth-order valence-corrected chi connectivity index (χ4v) is 2.13. The number of thioether (sulfide) groups is 1. The number of hydrogen-bond donors (Lipinski definition) is 1. The minimum atomic E-state index is 0.502. The van der Waals surface area contributed by atoms with Gasteiger partial charge in [0, 0.05) is 31.5 Å². The Kier molecular flexibility index (Phi) is 4.57. The number of rotatable bonds is 5. The van der Waals surface area contributed by atoms with Gasteiger partial charge in [0.15, 0.2) is 5.16 Å². The predicted octanol–water partition coefficient (Wildman–Crippen LogP) is 2.20. The average Bonchev–Trinajstić information content (AvgIpc) is 2.45. The van der Waals surface area contributed by atoms with Crippen LogP contribution < -0.4 is 10.6 Å². The molecule has 0 amide bonds. The standard InChI is InChI=1S/C13H17N5S/c1-3-18(9-10-4-6-15-7-5-10)12-8-11(14)16-13(17-12)19-2/h4-8H,3,9H2,1-2H3,(H2,14,16,17). The number of nitrogens with two attached hydrogens (primary N) is 1. The molecule has 2 N–H and O–H groups in total. The van der Waals surface area contributed by atoms with E-state index in [9.17, 15) is 0 Å². The van der Waals surface area contributed by atoms with Gasteiger partial charge in [-0.3, -0.25) is 4.98 Å². The highest BCUT2D eigenvalue weighted by Gasteiger charge is 2.09. The quantitative estimate of drug-likeness (QED) is 0.666. The van der Waals surface area contributed by atoms with E-state index in [0.29, 0.717) is 11.0 Å². The summed E-state index contributed by atoms with van der Waals surface area (Å²) in [5.74, 6) is 1.36. The highest BCUT2D eigenvalue weighted by atomic mass is 32.2. The van der Waals surface area contributed by atoms with Crippen LogP contribution in [0.15, 0.2) is 35.7 Å². The second-order valence-corrected chi connectivity index (χ2v) is 4.78. The Bertz CT molecular complexity index is 532. The molecule has 6 heteroatoms.